The summed E-state index contributed by atoms with van der Waals surface area (Å²) in [6.45, 7) is 14.9. The molecule has 0 spiro atoms. The summed E-state index contributed by atoms with van der Waals surface area (Å²) in [5.74, 6) is 0. The topological polar surface area (TPSA) is 21.8 Å². The summed E-state index contributed by atoms with van der Waals surface area (Å²) in [4.78, 5) is 0. The Kier molecular flexibility index (Phi) is 7.23. The minimum Gasteiger partial charge on any atom is -0.414 e. The van der Waals surface area contributed by atoms with Crippen molar-refractivity contribution in [2.75, 3.05) is 6.61 Å². The van der Waals surface area contributed by atoms with Crippen LogP contribution in [0, 0.1) is 0 Å². The summed E-state index contributed by atoms with van der Waals surface area (Å²) >= 11 is 0. The monoisotopic (exact) mass is 300 g/mol. The smallest absolute Gasteiger partial charge is 0.192 e. The van der Waals surface area contributed by atoms with Crippen LogP contribution in [0.4, 0.5) is 0 Å². The molecule has 2 nitrogen and oxygen atoms in total. The molecule has 3 heteroatoms. The van der Waals surface area contributed by atoms with Gasteiger partial charge >= 0.3 is 0 Å². The number of hydrogen-bond acceptors (Lipinski definition) is 2. The molecule has 1 saturated heterocycles. The van der Waals surface area contributed by atoms with E-state index in [1.54, 1.807) is 0 Å². The van der Waals surface area contributed by atoms with Crippen molar-refractivity contribution in [1.82, 2.24) is 0 Å². The molecular weight excluding hydrogens is 264 g/mol. The summed E-state index contributed by atoms with van der Waals surface area (Å²) in [6, 6.07) is 0. The minimum atomic E-state index is -1.64. The van der Waals surface area contributed by atoms with E-state index in [1.807, 2.05) is 0 Å². The Balaban J connectivity index is 2.38. The van der Waals surface area contributed by atoms with Crippen LogP contribution in [0.3, 0.4) is 0 Å². The molecule has 0 aromatic heterocycles. The Morgan fingerprint density at radius 3 is 2.25 bits per heavy atom. The molecule has 0 aromatic rings. The molecule has 1 fully saturated rings. The Hall–Kier alpha value is 0.137. The number of ether oxygens (including phenoxy) is 1. The van der Waals surface area contributed by atoms with E-state index in [1.165, 1.54) is 38.5 Å². The molecule has 0 N–H and O–H groups in total. The molecule has 0 amide bonds. The molecule has 1 aliphatic heterocycles. The lowest BCUT2D eigenvalue weighted by atomic mass is 10.1. The fourth-order valence-corrected chi connectivity index (χ4v) is 3.69. The molecule has 0 radical (unpaired) electrons. The summed E-state index contributed by atoms with van der Waals surface area (Å²) in [5, 5.41) is 0.303. The fraction of sp³-hybridized carbons (Fsp3) is 1.00. The molecule has 0 aliphatic carbocycles. The molecule has 20 heavy (non-hydrogen) atoms. The van der Waals surface area contributed by atoms with E-state index < -0.39 is 8.32 Å². The lowest BCUT2D eigenvalue weighted by Crippen LogP contribution is -2.44. The zero-order valence-electron chi connectivity index (χ0n) is 14.6. The van der Waals surface area contributed by atoms with Gasteiger partial charge < -0.3 is 9.16 Å². The maximum atomic E-state index is 6.62. The summed E-state index contributed by atoms with van der Waals surface area (Å²) in [5.41, 5.74) is 0. The second-order valence-corrected chi connectivity index (χ2v) is 12.7. The van der Waals surface area contributed by atoms with Crippen LogP contribution in [0.2, 0.25) is 18.1 Å². The molecule has 1 aliphatic rings. The average molecular weight is 301 g/mol. The van der Waals surface area contributed by atoms with Crippen molar-refractivity contribution in [3.63, 3.8) is 0 Å². The molecule has 120 valence electrons. The van der Waals surface area contributed by atoms with Gasteiger partial charge in [0.15, 0.2) is 8.32 Å². The van der Waals surface area contributed by atoms with Crippen molar-refractivity contribution in [3.8, 4) is 0 Å². The predicted molar refractivity (Wildman–Crippen MR) is 89.8 cm³/mol. The highest BCUT2D eigenvalue weighted by Gasteiger charge is 2.40. The Labute approximate surface area is 127 Å². The Bertz CT molecular complexity index is 267. The zero-order chi connectivity index (χ0) is 15.2. The molecule has 1 heterocycles. The zero-order valence-corrected chi connectivity index (χ0v) is 15.6. The van der Waals surface area contributed by atoms with Crippen LogP contribution in [0.1, 0.15) is 72.6 Å². The normalized spacial score (nSPS) is 21.0. The molecule has 1 rings (SSSR count). The Morgan fingerprint density at radius 1 is 1.15 bits per heavy atom. The van der Waals surface area contributed by atoms with Gasteiger partial charge in [-0.15, -0.1) is 0 Å². The molecular formula is C17H36O2Si. The third kappa shape index (κ3) is 6.73. The van der Waals surface area contributed by atoms with Crippen LogP contribution in [0.5, 0.6) is 0 Å². The van der Waals surface area contributed by atoms with E-state index in [2.05, 4.69) is 40.8 Å². The maximum Gasteiger partial charge on any atom is 0.192 e. The van der Waals surface area contributed by atoms with Crippen LogP contribution < -0.4 is 0 Å². The lowest BCUT2D eigenvalue weighted by molar-refractivity contribution is 0.146. The number of hydrogen-bond donors (Lipinski definition) is 0. The van der Waals surface area contributed by atoms with Crippen LogP contribution >= 0.6 is 0 Å². The first-order chi connectivity index (χ1) is 9.26. The van der Waals surface area contributed by atoms with E-state index in [0.717, 1.165) is 13.0 Å². The van der Waals surface area contributed by atoms with Crippen molar-refractivity contribution >= 4 is 8.32 Å². The van der Waals surface area contributed by atoms with Gasteiger partial charge in [-0.05, 0) is 24.6 Å². The first kappa shape index (κ1) is 18.2. The van der Waals surface area contributed by atoms with Gasteiger partial charge in [0.05, 0.1) is 12.7 Å². The molecule has 2 atom stereocenters. The third-order valence-corrected chi connectivity index (χ3v) is 9.36. The van der Waals surface area contributed by atoms with Crippen LogP contribution in [0.15, 0.2) is 0 Å². The summed E-state index contributed by atoms with van der Waals surface area (Å²) in [6.07, 6.45) is 9.98. The van der Waals surface area contributed by atoms with E-state index in [-0.39, 0.29) is 0 Å². The predicted octanol–water partition coefficient (Wildman–Crippen LogP) is 5.53. The van der Waals surface area contributed by atoms with Crippen molar-refractivity contribution in [3.05, 3.63) is 0 Å². The van der Waals surface area contributed by atoms with E-state index in [9.17, 15) is 0 Å². The van der Waals surface area contributed by atoms with Gasteiger partial charge in [-0.2, -0.15) is 0 Å². The molecule has 0 unspecified atom stereocenters. The van der Waals surface area contributed by atoms with Gasteiger partial charge in [0.1, 0.15) is 0 Å². The first-order valence-electron chi connectivity index (χ1n) is 8.55. The quantitative estimate of drug-likeness (QED) is 0.301. The second kappa shape index (κ2) is 7.95. The van der Waals surface area contributed by atoms with Gasteiger partial charge in [-0.3, -0.25) is 0 Å². The van der Waals surface area contributed by atoms with E-state index in [4.69, 9.17) is 9.16 Å². The molecule has 0 bridgehead atoms. The van der Waals surface area contributed by atoms with Crippen molar-refractivity contribution in [1.29, 1.82) is 0 Å². The first-order valence-corrected chi connectivity index (χ1v) is 11.5. The minimum absolute atomic E-state index is 0.303. The van der Waals surface area contributed by atoms with Crippen molar-refractivity contribution in [2.24, 2.45) is 0 Å². The highest BCUT2D eigenvalue weighted by atomic mass is 28.4. The summed E-state index contributed by atoms with van der Waals surface area (Å²) in [7, 11) is -1.64. The second-order valence-electron chi connectivity index (χ2n) is 7.89. The van der Waals surface area contributed by atoms with Gasteiger partial charge in [0.25, 0.3) is 0 Å². The number of rotatable bonds is 10. The number of epoxide rings is 1. The van der Waals surface area contributed by atoms with Gasteiger partial charge in [-0.25, -0.2) is 0 Å². The summed E-state index contributed by atoms with van der Waals surface area (Å²) < 4.78 is 12.0. The SMILES string of the molecule is CCCCCCC[C@H](C[C@@H]1CO1)O[Si](C)(C)C(C)(C)C. The van der Waals surface area contributed by atoms with E-state index >= 15 is 0 Å². The standard InChI is InChI=1S/C17H36O2Si/c1-7-8-9-10-11-12-15(13-16-14-18-16)19-20(5,6)17(2,3)4/h15-16H,7-14H2,1-6H3/t15-,16-/m1/s1. The maximum absolute atomic E-state index is 6.62. The van der Waals surface area contributed by atoms with Gasteiger partial charge in [-0.1, -0.05) is 59.8 Å². The fourth-order valence-electron chi connectivity index (χ4n) is 2.29. The van der Waals surface area contributed by atoms with Gasteiger partial charge in [0.2, 0.25) is 0 Å². The Morgan fingerprint density at radius 2 is 1.75 bits per heavy atom. The van der Waals surface area contributed by atoms with Crippen LogP contribution in [0.25, 0.3) is 0 Å². The average Bonchev–Trinajstić information content (AvgIpc) is 3.10. The van der Waals surface area contributed by atoms with Crippen molar-refractivity contribution in [2.45, 2.75) is 103 Å². The van der Waals surface area contributed by atoms with Crippen LogP contribution in [-0.2, 0) is 9.16 Å². The number of unbranched alkanes of at least 4 members (excludes halogenated alkanes) is 4. The van der Waals surface area contributed by atoms with Gasteiger partial charge in [0, 0.05) is 12.5 Å². The van der Waals surface area contributed by atoms with E-state index in [0.29, 0.717) is 17.2 Å². The largest absolute Gasteiger partial charge is 0.414 e. The highest BCUT2D eigenvalue weighted by Crippen LogP contribution is 2.38. The van der Waals surface area contributed by atoms with Crippen molar-refractivity contribution < 1.29 is 9.16 Å². The lowest BCUT2D eigenvalue weighted by Gasteiger charge is -2.39. The highest BCUT2D eigenvalue weighted by molar-refractivity contribution is 6.74. The molecule has 0 aromatic carbocycles. The van der Waals surface area contributed by atoms with Crippen LogP contribution in [-0.4, -0.2) is 27.1 Å². The third-order valence-electron chi connectivity index (χ3n) is 4.83. The molecule has 0 saturated carbocycles.